The molecule has 1 heterocycles. The molecule has 4 rings (SSSR count). The van der Waals surface area contributed by atoms with E-state index in [4.69, 9.17) is 24.7 Å². The quantitative estimate of drug-likeness (QED) is 0.207. The molecule has 36 heavy (non-hydrogen) atoms. The largest absolute Gasteiger partial charge is 0.496 e. The first-order chi connectivity index (χ1) is 17.4. The molecule has 2 N–H and O–H groups in total. The van der Waals surface area contributed by atoms with Crippen molar-refractivity contribution >= 4 is 21.9 Å². The van der Waals surface area contributed by atoms with E-state index in [1.165, 1.54) is 0 Å². The number of hydrogen-bond acceptors (Lipinski definition) is 7. The molecule has 1 unspecified atom stereocenters. The number of ether oxygens (including phenoxy) is 4. The van der Waals surface area contributed by atoms with Crippen molar-refractivity contribution in [3.05, 3.63) is 93.3 Å². The van der Waals surface area contributed by atoms with Crippen LogP contribution in [0.4, 0.5) is 0 Å². The van der Waals surface area contributed by atoms with E-state index in [0.29, 0.717) is 35.0 Å². The first kappa shape index (κ1) is 25.1. The Morgan fingerprint density at radius 3 is 2.53 bits per heavy atom. The summed E-state index contributed by atoms with van der Waals surface area (Å²) in [5, 5.41) is 9.83. The summed E-state index contributed by atoms with van der Waals surface area (Å²) in [6.07, 6.45) is 2.01. The van der Waals surface area contributed by atoms with Crippen molar-refractivity contribution in [2.75, 3.05) is 13.7 Å². The Kier molecular flexibility index (Phi) is 7.81. The fraction of sp³-hybridized carbons (Fsp3) is 0.214. The molecule has 1 aliphatic rings. The van der Waals surface area contributed by atoms with E-state index in [-0.39, 0.29) is 17.2 Å². The lowest BCUT2D eigenvalue weighted by atomic mass is 9.83. The normalized spacial score (nSPS) is 14.3. The van der Waals surface area contributed by atoms with Crippen LogP contribution in [-0.4, -0.2) is 19.7 Å². The summed E-state index contributed by atoms with van der Waals surface area (Å²) < 4.78 is 23.4. The van der Waals surface area contributed by atoms with Gasteiger partial charge in [-0.3, -0.25) is 0 Å². The zero-order valence-electron chi connectivity index (χ0n) is 19.9. The van der Waals surface area contributed by atoms with Crippen LogP contribution in [0.1, 0.15) is 47.2 Å². The van der Waals surface area contributed by atoms with E-state index in [0.717, 1.165) is 22.9 Å². The van der Waals surface area contributed by atoms with E-state index in [1.54, 1.807) is 49.6 Å². The molecule has 0 aromatic heterocycles. The summed E-state index contributed by atoms with van der Waals surface area (Å²) in [6.45, 7) is 2.73. The van der Waals surface area contributed by atoms with Crippen molar-refractivity contribution in [1.82, 2.24) is 0 Å². The maximum Gasteiger partial charge on any atom is 0.343 e. The molecular formula is C28H25BrN2O5. The fourth-order valence-electron chi connectivity index (χ4n) is 3.94. The number of unbranched alkanes of at least 4 members (excludes halogenated alkanes) is 1. The molecule has 0 spiro atoms. The zero-order valence-corrected chi connectivity index (χ0v) is 21.5. The molecule has 1 aliphatic heterocycles. The fourth-order valence-corrected chi connectivity index (χ4v) is 4.32. The number of rotatable bonds is 8. The van der Waals surface area contributed by atoms with Gasteiger partial charge in [0, 0.05) is 21.7 Å². The molecule has 0 saturated carbocycles. The average molecular weight is 549 g/mol. The maximum atomic E-state index is 12.7. The van der Waals surface area contributed by atoms with E-state index in [2.05, 4.69) is 28.9 Å². The van der Waals surface area contributed by atoms with Gasteiger partial charge in [-0.1, -0.05) is 35.3 Å². The minimum Gasteiger partial charge on any atom is -0.496 e. The molecule has 0 aliphatic carbocycles. The summed E-state index contributed by atoms with van der Waals surface area (Å²) in [7, 11) is 1.57. The number of nitrogens with two attached hydrogens (primary N) is 1. The number of nitrogens with zero attached hydrogens (tertiary/aromatic N) is 1. The number of halogens is 1. The molecule has 0 saturated heterocycles. The van der Waals surface area contributed by atoms with Crippen molar-refractivity contribution in [3.63, 3.8) is 0 Å². The van der Waals surface area contributed by atoms with Crippen molar-refractivity contribution in [2.45, 2.75) is 25.7 Å². The van der Waals surface area contributed by atoms with Crippen LogP contribution < -0.4 is 24.7 Å². The van der Waals surface area contributed by atoms with Crippen LogP contribution in [0.5, 0.6) is 23.0 Å². The summed E-state index contributed by atoms with van der Waals surface area (Å²) in [4.78, 5) is 12.7. The Bertz CT molecular complexity index is 1350. The maximum absolute atomic E-state index is 12.7. The third-order valence-corrected chi connectivity index (χ3v) is 6.25. The highest BCUT2D eigenvalue weighted by Crippen LogP contribution is 2.46. The van der Waals surface area contributed by atoms with Gasteiger partial charge in [-0.25, -0.2) is 4.79 Å². The third kappa shape index (κ3) is 5.31. The molecule has 0 bridgehead atoms. The number of benzene rings is 3. The Labute approximate surface area is 218 Å². The molecule has 0 radical (unpaired) electrons. The van der Waals surface area contributed by atoms with E-state index >= 15 is 0 Å². The van der Waals surface area contributed by atoms with E-state index in [9.17, 15) is 10.1 Å². The highest BCUT2D eigenvalue weighted by atomic mass is 79.9. The smallest absolute Gasteiger partial charge is 0.343 e. The number of methoxy groups -OCH3 is 1. The Morgan fingerprint density at radius 2 is 1.83 bits per heavy atom. The van der Waals surface area contributed by atoms with Gasteiger partial charge < -0.3 is 24.7 Å². The van der Waals surface area contributed by atoms with Gasteiger partial charge in [0.2, 0.25) is 5.88 Å². The van der Waals surface area contributed by atoms with Crippen molar-refractivity contribution in [3.8, 4) is 29.1 Å². The first-order valence-corrected chi connectivity index (χ1v) is 12.2. The highest BCUT2D eigenvalue weighted by molar-refractivity contribution is 9.10. The molecular weight excluding hydrogens is 524 g/mol. The van der Waals surface area contributed by atoms with Crippen molar-refractivity contribution in [1.29, 1.82) is 5.26 Å². The lowest BCUT2D eigenvalue weighted by molar-refractivity contribution is 0.0734. The van der Waals surface area contributed by atoms with E-state index < -0.39 is 11.9 Å². The predicted molar refractivity (Wildman–Crippen MR) is 138 cm³/mol. The average Bonchev–Trinajstić information content (AvgIpc) is 2.88. The summed E-state index contributed by atoms with van der Waals surface area (Å²) in [5.41, 5.74) is 8.23. The standard InChI is InChI=1S/C28H25BrN2O5/c1-3-4-13-34-19-8-5-17(6-9-19)28(32)35-20-10-11-21-25(15-20)36-27(31)23(16-30)26(21)22-14-18(29)7-12-24(22)33-2/h5-12,14-15,26H,3-4,13,31H2,1-2H3. The number of fused-ring (bicyclic) bond motifs is 1. The second-order valence-electron chi connectivity index (χ2n) is 8.13. The second kappa shape index (κ2) is 11.2. The second-order valence-corrected chi connectivity index (χ2v) is 9.04. The minimum absolute atomic E-state index is 0.0147. The van der Waals surface area contributed by atoms with Gasteiger partial charge in [0.15, 0.2) is 0 Å². The van der Waals surface area contributed by atoms with Crippen LogP contribution in [0, 0.1) is 11.3 Å². The van der Waals surface area contributed by atoms with Crippen molar-refractivity contribution < 1.29 is 23.7 Å². The lowest BCUT2D eigenvalue weighted by Gasteiger charge is -2.27. The Hall–Kier alpha value is -3.96. The molecule has 1 atom stereocenters. The van der Waals surface area contributed by atoms with Crippen LogP contribution in [0.2, 0.25) is 0 Å². The van der Waals surface area contributed by atoms with Crippen molar-refractivity contribution in [2.24, 2.45) is 5.73 Å². The van der Waals surface area contributed by atoms with Crippen LogP contribution in [0.25, 0.3) is 0 Å². The molecule has 0 amide bonds. The van der Waals surface area contributed by atoms with E-state index in [1.807, 2.05) is 18.2 Å². The summed E-state index contributed by atoms with van der Waals surface area (Å²) in [5.74, 6) is 0.937. The molecule has 184 valence electrons. The topological polar surface area (TPSA) is 104 Å². The number of allylic oxidation sites excluding steroid dienone is 1. The van der Waals surface area contributed by atoms with Crippen LogP contribution in [0.15, 0.2) is 76.6 Å². The van der Waals surface area contributed by atoms with Gasteiger partial charge in [0.1, 0.15) is 34.6 Å². The van der Waals surface area contributed by atoms with Crippen LogP contribution >= 0.6 is 15.9 Å². The molecule has 3 aromatic carbocycles. The monoisotopic (exact) mass is 548 g/mol. The third-order valence-electron chi connectivity index (χ3n) is 5.76. The molecule has 3 aromatic rings. The molecule has 7 nitrogen and oxygen atoms in total. The summed E-state index contributed by atoms with van der Waals surface area (Å²) >= 11 is 3.49. The van der Waals surface area contributed by atoms with Gasteiger partial charge in [0.25, 0.3) is 0 Å². The van der Waals surface area contributed by atoms with Gasteiger partial charge in [-0.2, -0.15) is 5.26 Å². The first-order valence-electron chi connectivity index (χ1n) is 11.4. The zero-order chi connectivity index (χ0) is 25.7. The lowest BCUT2D eigenvalue weighted by Crippen LogP contribution is -2.21. The number of esters is 1. The van der Waals surface area contributed by atoms with Crippen LogP contribution in [-0.2, 0) is 0 Å². The number of hydrogen-bond donors (Lipinski definition) is 1. The van der Waals surface area contributed by atoms with Gasteiger partial charge in [0.05, 0.1) is 25.2 Å². The number of carbonyl (C=O) groups is 1. The Balaban J connectivity index is 1.60. The summed E-state index contributed by atoms with van der Waals surface area (Å²) in [6, 6.07) is 19.5. The number of carbonyl (C=O) groups excluding carboxylic acids is 1. The molecule has 0 fully saturated rings. The Morgan fingerprint density at radius 1 is 1.08 bits per heavy atom. The number of nitriles is 1. The van der Waals surface area contributed by atoms with Crippen LogP contribution in [0.3, 0.4) is 0 Å². The highest BCUT2D eigenvalue weighted by Gasteiger charge is 2.33. The van der Waals surface area contributed by atoms with Gasteiger partial charge in [-0.05, 0) is 55.0 Å². The van der Waals surface area contributed by atoms with Gasteiger partial charge in [-0.15, -0.1) is 0 Å². The SMILES string of the molecule is CCCCOc1ccc(C(=O)Oc2ccc3c(c2)OC(N)=C(C#N)C3c2cc(Br)ccc2OC)cc1. The molecule has 8 heteroatoms. The predicted octanol–water partition coefficient (Wildman–Crippen LogP) is 6.07. The minimum atomic E-state index is -0.517. The van der Waals surface area contributed by atoms with Gasteiger partial charge >= 0.3 is 5.97 Å².